The van der Waals surface area contributed by atoms with E-state index in [9.17, 15) is 19.7 Å². The van der Waals surface area contributed by atoms with E-state index in [1.54, 1.807) is 12.1 Å². The lowest BCUT2D eigenvalue weighted by molar-refractivity contribution is -0.384. The van der Waals surface area contributed by atoms with E-state index in [0.29, 0.717) is 21.2 Å². The highest BCUT2D eigenvalue weighted by molar-refractivity contribution is 9.10. The highest BCUT2D eigenvalue weighted by Gasteiger charge is 2.12. The zero-order valence-electron chi connectivity index (χ0n) is 11.4. The van der Waals surface area contributed by atoms with Gasteiger partial charge in [-0.2, -0.15) is 0 Å². The van der Waals surface area contributed by atoms with Crippen LogP contribution in [0.5, 0.6) is 0 Å². The normalized spacial score (nSPS) is 10.7. The monoisotopic (exact) mass is 376 g/mol. The van der Waals surface area contributed by atoms with E-state index >= 15 is 0 Å². The molecule has 116 valence electrons. The summed E-state index contributed by atoms with van der Waals surface area (Å²) < 4.78 is 0.593. The topological polar surface area (TPSA) is 121 Å². The van der Waals surface area contributed by atoms with E-state index < -0.39 is 10.8 Å². The first-order chi connectivity index (χ1) is 10.9. The van der Waals surface area contributed by atoms with Gasteiger partial charge < -0.3 is 15.3 Å². The molecule has 3 N–H and O–H groups in total. The van der Waals surface area contributed by atoms with Crippen molar-refractivity contribution < 1.29 is 9.72 Å². The minimum Gasteiger partial charge on any atom is -0.321 e. The summed E-state index contributed by atoms with van der Waals surface area (Å²) in [5, 5.41) is 13.3. The molecule has 0 spiro atoms. The summed E-state index contributed by atoms with van der Waals surface area (Å²) in [6, 6.07) is 8.54. The molecule has 0 fully saturated rings. The molecule has 8 nitrogen and oxygen atoms in total. The first-order valence-electron chi connectivity index (χ1n) is 6.41. The summed E-state index contributed by atoms with van der Waals surface area (Å²) in [6.45, 7) is 0. The number of rotatable bonds is 3. The number of carbonyl (C=O) groups is 1. The number of imidazole rings is 1. The van der Waals surface area contributed by atoms with E-state index in [1.807, 2.05) is 0 Å². The van der Waals surface area contributed by atoms with Crippen LogP contribution < -0.4 is 11.0 Å². The van der Waals surface area contributed by atoms with Crippen LogP contribution in [0.4, 0.5) is 11.4 Å². The number of anilines is 1. The fraction of sp³-hybridized carbons (Fsp3) is 0. The van der Waals surface area contributed by atoms with Crippen LogP contribution >= 0.6 is 15.9 Å². The van der Waals surface area contributed by atoms with Gasteiger partial charge in [-0.15, -0.1) is 0 Å². The van der Waals surface area contributed by atoms with Gasteiger partial charge in [-0.25, -0.2) is 4.79 Å². The number of halogens is 1. The Morgan fingerprint density at radius 2 is 1.74 bits per heavy atom. The van der Waals surface area contributed by atoms with Gasteiger partial charge in [-0.3, -0.25) is 14.9 Å². The number of benzene rings is 2. The van der Waals surface area contributed by atoms with E-state index in [-0.39, 0.29) is 16.9 Å². The largest absolute Gasteiger partial charge is 0.323 e. The minimum absolute atomic E-state index is 0.0888. The average Bonchev–Trinajstić information content (AvgIpc) is 2.86. The van der Waals surface area contributed by atoms with Crippen molar-refractivity contribution in [2.24, 2.45) is 0 Å². The molecular weight excluding hydrogens is 368 g/mol. The van der Waals surface area contributed by atoms with Gasteiger partial charge in [0.15, 0.2) is 0 Å². The molecule has 1 heterocycles. The van der Waals surface area contributed by atoms with Crippen molar-refractivity contribution in [3.8, 4) is 0 Å². The Labute approximate surface area is 136 Å². The fourth-order valence-electron chi connectivity index (χ4n) is 2.08. The van der Waals surface area contributed by atoms with Crippen LogP contribution in [0.25, 0.3) is 11.0 Å². The van der Waals surface area contributed by atoms with Gasteiger partial charge in [0.2, 0.25) is 0 Å². The molecule has 0 atom stereocenters. The number of nitro benzene ring substituents is 1. The molecule has 0 unspecified atom stereocenters. The molecule has 0 aliphatic carbocycles. The van der Waals surface area contributed by atoms with Crippen molar-refractivity contribution in [3.05, 3.63) is 67.0 Å². The Balaban J connectivity index is 1.88. The van der Waals surface area contributed by atoms with E-state index in [1.165, 1.54) is 24.3 Å². The zero-order valence-corrected chi connectivity index (χ0v) is 13.0. The summed E-state index contributed by atoms with van der Waals surface area (Å²) in [5.74, 6) is -0.419. The quantitative estimate of drug-likeness (QED) is 0.480. The third-order valence-corrected chi connectivity index (χ3v) is 3.85. The SMILES string of the molecule is O=C(Nc1cc2[nH]c(=O)[nH]c2cc1Br)c1ccc([N+](=O)[O-])cc1. The van der Waals surface area contributed by atoms with Crippen LogP contribution in [-0.4, -0.2) is 20.8 Å². The van der Waals surface area contributed by atoms with E-state index in [2.05, 4.69) is 31.2 Å². The van der Waals surface area contributed by atoms with Crippen LogP contribution in [-0.2, 0) is 0 Å². The lowest BCUT2D eigenvalue weighted by atomic mass is 10.2. The second-order valence-corrected chi connectivity index (χ2v) is 5.57. The number of aromatic nitrogens is 2. The number of nitrogens with zero attached hydrogens (tertiary/aromatic N) is 1. The first-order valence-corrected chi connectivity index (χ1v) is 7.21. The molecule has 23 heavy (non-hydrogen) atoms. The Hall–Kier alpha value is -2.94. The predicted molar refractivity (Wildman–Crippen MR) is 87.7 cm³/mol. The lowest BCUT2D eigenvalue weighted by Crippen LogP contribution is -2.12. The molecule has 0 aliphatic heterocycles. The Bertz CT molecular complexity index is 975. The first kappa shape index (κ1) is 15.0. The van der Waals surface area contributed by atoms with Crippen LogP contribution in [0.15, 0.2) is 45.7 Å². The number of hydrogen-bond acceptors (Lipinski definition) is 4. The summed E-state index contributed by atoms with van der Waals surface area (Å²) in [7, 11) is 0. The summed E-state index contributed by atoms with van der Waals surface area (Å²) in [4.78, 5) is 38.8. The van der Waals surface area contributed by atoms with Gasteiger partial charge in [0, 0.05) is 22.2 Å². The van der Waals surface area contributed by atoms with Crippen LogP contribution in [0.2, 0.25) is 0 Å². The highest BCUT2D eigenvalue weighted by Crippen LogP contribution is 2.27. The summed E-state index contributed by atoms with van der Waals surface area (Å²) in [5.41, 5.74) is 1.48. The molecule has 3 rings (SSSR count). The number of nitrogens with one attached hydrogen (secondary N) is 3. The smallest absolute Gasteiger partial charge is 0.321 e. The molecule has 0 saturated heterocycles. The van der Waals surface area contributed by atoms with Gasteiger partial charge in [-0.1, -0.05) is 0 Å². The van der Waals surface area contributed by atoms with Gasteiger partial charge in [0.25, 0.3) is 11.6 Å². The Morgan fingerprint density at radius 3 is 2.35 bits per heavy atom. The molecule has 2 aromatic carbocycles. The van der Waals surface area contributed by atoms with Crippen LogP contribution in [0.1, 0.15) is 10.4 Å². The number of amides is 1. The van der Waals surface area contributed by atoms with Crippen molar-refractivity contribution in [1.82, 2.24) is 9.97 Å². The van der Waals surface area contributed by atoms with Gasteiger partial charge in [-0.05, 0) is 40.2 Å². The second kappa shape index (κ2) is 5.69. The number of H-pyrrole nitrogens is 2. The molecule has 0 saturated carbocycles. The number of carbonyl (C=O) groups excluding carboxylic acids is 1. The maximum atomic E-state index is 12.2. The van der Waals surface area contributed by atoms with Crippen molar-refractivity contribution in [1.29, 1.82) is 0 Å². The Kier molecular flexibility index (Phi) is 3.70. The Morgan fingerprint density at radius 1 is 1.13 bits per heavy atom. The number of nitro groups is 1. The van der Waals surface area contributed by atoms with Crippen LogP contribution in [0.3, 0.4) is 0 Å². The van der Waals surface area contributed by atoms with E-state index in [0.717, 1.165) is 0 Å². The fourth-order valence-corrected chi connectivity index (χ4v) is 2.52. The average molecular weight is 377 g/mol. The molecule has 0 bridgehead atoms. The molecule has 3 aromatic rings. The van der Waals surface area contributed by atoms with Gasteiger partial charge in [0.05, 0.1) is 21.6 Å². The second-order valence-electron chi connectivity index (χ2n) is 4.71. The number of non-ortho nitro benzene ring substituents is 1. The molecule has 1 amide bonds. The highest BCUT2D eigenvalue weighted by atomic mass is 79.9. The van der Waals surface area contributed by atoms with E-state index in [4.69, 9.17) is 0 Å². The molecular formula is C14H9BrN4O4. The predicted octanol–water partition coefficient (Wildman–Crippen LogP) is 2.78. The molecule has 0 radical (unpaired) electrons. The van der Waals surface area contributed by atoms with Gasteiger partial charge in [0.1, 0.15) is 0 Å². The third kappa shape index (κ3) is 2.99. The number of fused-ring (bicyclic) bond motifs is 1. The number of hydrogen-bond donors (Lipinski definition) is 3. The molecule has 0 aliphatic rings. The maximum Gasteiger partial charge on any atom is 0.323 e. The lowest BCUT2D eigenvalue weighted by Gasteiger charge is -2.07. The third-order valence-electron chi connectivity index (χ3n) is 3.19. The van der Waals surface area contributed by atoms with Crippen molar-refractivity contribution in [3.63, 3.8) is 0 Å². The molecule has 1 aromatic heterocycles. The standard InChI is InChI=1S/C14H9BrN4O4/c15-9-5-11-12(18-14(21)17-11)6-10(9)16-13(20)7-1-3-8(4-2-7)19(22)23/h1-6H,(H,16,20)(H2,17,18,21). The summed E-state index contributed by atoms with van der Waals surface area (Å²) in [6.07, 6.45) is 0. The summed E-state index contributed by atoms with van der Waals surface area (Å²) >= 11 is 3.32. The van der Waals surface area contributed by atoms with Crippen molar-refractivity contribution in [2.45, 2.75) is 0 Å². The van der Waals surface area contributed by atoms with Gasteiger partial charge >= 0.3 is 5.69 Å². The number of aromatic amines is 2. The molecule has 9 heteroatoms. The maximum absolute atomic E-state index is 12.2. The zero-order chi connectivity index (χ0) is 16.6. The van der Waals surface area contributed by atoms with Crippen molar-refractivity contribution >= 4 is 44.2 Å². The van der Waals surface area contributed by atoms with Crippen LogP contribution in [0, 0.1) is 10.1 Å². The minimum atomic E-state index is -0.533. The van der Waals surface area contributed by atoms with Crippen molar-refractivity contribution in [2.75, 3.05) is 5.32 Å².